The van der Waals surface area contributed by atoms with Gasteiger partial charge in [-0.1, -0.05) is 12.1 Å². The summed E-state index contributed by atoms with van der Waals surface area (Å²) in [4.78, 5) is 12.6. The number of nitrogens with one attached hydrogen (secondary N) is 1. The van der Waals surface area contributed by atoms with E-state index in [-0.39, 0.29) is 12.0 Å². The number of amides is 1. The van der Waals surface area contributed by atoms with Gasteiger partial charge in [-0.25, -0.2) is 0 Å². The Morgan fingerprint density at radius 3 is 3.12 bits per heavy atom. The second-order valence-electron chi connectivity index (χ2n) is 6.41. The van der Waals surface area contributed by atoms with Gasteiger partial charge in [-0.3, -0.25) is 4.79 Å². The van der Waals surface area contributed by atoms with E-state index in [2.05, 4.69) is 20.1 Å². The van der Waals surface area contributed by atoms with E-state index in [9.17, 15) is 4.79 Å². The van der Waals surface area contributed by atoms with Crippen LogP contribution in [0, 0.1) is 0 Å². The smallest absolute Gasteiger partial charge is 0.255 e. The van der Waals surface area contributed by atoms with Crippen molar-refractivity contribution in [3.8, 4) is 5.75 Å². The molecule has 0 unspecified atom stereocenters. The van der Waals surface area contributed by atoms with Gasteiger partial charge < -0.3 is 19.4 Å². The third-order valence-corrected chi connectivity index (χ3v) is 4.67. The average Bonchev–Trinajstić information content (AvgIpc) is 3.36. The lowest BCUT2D eigenvalue weighted by Gasteiger charge is -2.14. The summed E-state index contributed by atoms with van der Waals surface area (Å²) in [6, 6.07) is 7.29. The molecule has 7 heteroatoms. The highest BCUT2D eigenvalue weighted by Crippen LogP contribution is 2.21. The Labute approximate surface area is 146 Å². The van der Waals surface area contributed by atoms with Gasteiger partial charge in [0, 0.05) is 19.6 Å². The van der Waals surface area contributed by atoms with Crippen molar-refractivity contribution < 1.29 is 14.3 Å². The fraction of sp³-hybridized carbons (Fsp3) is 0.500. The van der Waals surface area contributed by atoms with Crippen molar-refractivity contribution in [2.45, 2.75) is 44.9 Å². The van der Waals surface area contributed by atoms with Crippen LogP contribution in [-0.4, -0.2) is 40.0 Å². The van der Waals surface area contributed by atoms with Crippen LogP contribution in [-0.2, 0) is 24.2 Å². The molecule has 1 amide bonds. The summed E-state index contributed by atoms with van der Waals surface area (Å²) in [5, 5.41) is 11.3. The molecule has 132 valence electrons. The molecule has 0 radical (unpaired) electrons. The van der Waals surface area contributed by atoms with Gasteiger partial charge in [0.25, 0.3) is 5.91 Å². The van der Waals surface area contributed by atoms with Crippen LogP contribution in [0.2, 0.25) is 0 Å². The van der Waals surface area contributed by atoms with E-state index in [0.29, 0.717) is 24.5 Å². The van der Waals surface area contributed by atoms with Crippen LogP contribution in [0.15, 0.2) is 24.3 Å². The molecule has 4 rings (SSSR count). The predicted octanol–water partition coefficient (Wildman–Crippen LogP) is 1.71. The minimum atomic E-state index is -0.168. The summed E-state index contributed by atoms with van der Waals surface area (Å²) in [5.41, 5.74) is 0.529. The number of carbonyl (C=O) groups is 1. The standard InChI is InChI=1S/C18H22N4O3/c23-18(19-11-17-21-20-16-8-3-9-22(16)17)14-6-1-2-7-15(14)25-12-13-5-4-10-24-13/h1-2,6-7,13H,3-5,8-12H2,(H,19,23)/t13-/m0/s1. The van der Waals surface area contributed by atoms with Gasteiger partial charge in [-0.2, -0.15) is 0 Å². The number of carbonyl (C=O) groups excluding carboxylic acids is 1. The van der Waals surface area contributed by atoms with E-state index < -0.39 is 0 Å². The number of para-hydroxylation sites is 1. The Balaban J connectivity index is 1.39. The van der Waals surface area contributed by atoms with Gasteiger partial charge in [0.15, 0.2) is 5.82 Å². The molecule has 0 aliphatic carbocycles. The van der Waals surface area contributed by atoms with Crippen LogP contribution < -0.4 is 10.1 Å². The van der Waals surface area contributed by atoms with Gasteiger partial charge in [-0.15, -0.1) is 10.2 Å². The number of nitrogens with zero attached hydrogens (tertiary/aromatic N) is 3. The van der Waals surface area contributed by atoms with Crippen molar-refractivity contribution in [3.63, 3.8) is 0 Å². The highest BCUT2D eigenvalue weighted by molar-refractivity contribution is 5.96. The summed E-state index contributed by atoms with van der Waals surface area (Å²) in [6.07, 6.45) is 4.24. The number of benzene rings is 1. The van der Waals surface area contributed by atoms with Gasteiger partial charge in [0.2, 0.25) is 0 Å². The van der Waals surface area contributed by atoms with Crippen LogP contribution in [0.5, 0.6) is 5.75 Å². The Hall–Kier alpha value is -2.41. The lowest BCUT2D eigenvalue weighted by Crippen LogP contribution is -2.26. The number of hydrogen-bond acceptors (Lipinski definition) is 5. The van der Waals surface area contributed by atoms with Crippen LogP contribution in [0.1, 0.15) is 41.3 Å². The summed E-state index contributed by atoms with van der Waals surface area (Å²) >= 11 is 0. The first kappa shape index (κ1) is 16.1. The number of ether oxygens (including phenoxy) is 2. The molecule has 1 aromatic heterocycles. The molecule has 1 atom stereocenters. The van der Waals surface area contributed by atoms with E-state index in [1.54, 1.807) is 6.07 Å². The van der Waals surface area contributed by atoms with Crippen LogP contribution in [0.3, 0.4) is 0 Å². The molecule has 0 saturated carbocycles. The van der Waals surface area contributed by atoms with Crippen LogP contribution in [0.25, 0.3) is 0 Å². The number of rotatable bonds is 6. The zero-order valence-electron chi connectivity index (χ0n) is 14.1. The maximum Gasteiger partial charge on any atom is 0.255 e. The minimum Gasteiger partial charge on any atom is -0.490 e. The lowest BCUT2D eigenvalue weighted by molar-refractivity contribution is 0.0670. The summed E-state index contributed by atoms with van der Waals surface area (Å²) < 4.78 is 13.5. The monoisotopic (exact) mass is 342 g/mol. The Morgan fingerprint density at radius 2 is 2.24 bits per heavy atom. The van der Waals surface area contributed by atoms with E-state index in [0.717, 1.165) is 50.5 Å². The Bertz CT molecular complexity index is 753. The zero-order chi connectivity index (χ0) is 17.1. The van der Waals surface area contributed by atoms with Crippen molar-refractivity contribution in [1.82, 2.24) is 20.1 Å². The first-order chi connectivity index (χ1) is 12.3. The van der Waals surface area contributed by atoms with E-state index in [1.807, 2.05) is 18.2 Å². The largest absolute Gasteiger partial charge is 0.490 e. The van der Waals surface area contributed by atoms with Crippen molar-refractivity contribution >= 4 is 5.91 Å². The van der Waals surface area contributed by atoms with Gasteiger partial charge in [-0.05, 0) is 31.4 Å². The fourth-order valence-corrected chi connectivity index (χ4v) is 3.33. The van der Waals surface area contributed by atoms with Gasteiger partial charge >= 0.3 is 0 Å². The van der Waals surface area contributed by atoms with Crippen molar-refractivity contribution in [2.24, 2.45) is 0 Å². The second kappa shape index (κ2) is 7.23. The topological polar surface area (TPSA) is 78.3 Å². The molecule has 7 nitrogen and oxygen atoms in total. The third kappa shape index (κ3) is 3.51. The van der Waals surface area contributed by atoms with Crippen molar-refractivity contribution in [2.75, 3.05) is 13.2 Å². The van der Waals surface area contributed by atoms with Crippen LogP contribution >= 0.6 is 0 Å². The highest BCUT2D eigenvalue weighted by atomic mass is 16.5. The highest BCUT2D eigenvalue weighted by Gasteiger charge is 2.20. The summed E-state index contributed by atoms with van der Waals surface area (Å²) in [7, 11) is 0. The minimum absolute atomic E-state index is 0.120. The summed E-state index contributed by atoms with van der Waals surface area (Å²) in [6.45, 7) is 2.56. The van der Waals surface area contributed by atoms with E-state index >= 15 is 0 Å². The van der Waals surface area contributed by atoms with Gasteiger partial charge in [0.05, 0.1) is 18.2 Å². The molecule has 0 spiro atoms. The number of aromatic nitrogens is 3. The number of aryl methyl sites for hydroxylation is 1. The van der Waals surface area contributed by atoms with Crippen molar-refractivity contribution in [3.05, 3.63) is 41.5 Å². The van der Waals surface area contributed by atoms with E-state index in [1.165, 1.54) is 0 Å². The molecular formula is C18H22N4O3. The first-order valence-electron chi connectivity index (χ1n) is 8.84. The maximum atomic E-state index is 12.6. The SMILES string of the molecule is O=C(NCc1nnc2n1CCC2)c1ccccc1OC[C@@H]1CCCO1. The normalized spacial score (nSPS) is 19.0. The second-order valence-corrected chi connectivity index (χ2v) is 6.41. The molecule has 1 fully saturated rings. The summed E-state index contributed by atoms with van der Waals surface area (Å²) in [5.74, 6) is 2.23. The van der Waals surface area contributed by atoms with Crippen LogP contribution in [0.4, 0.5) is 0 Å². The lowest BCUT2D eigenvalue weighted by atomic mass is 10.2. The quantitative estimate of drug-likeness (QED) is 0.865. The molecule has 3 heterocycles. The molecule has 2 aliphatic rings. The number of hydrogen-bond donors (Lipinski definition) is 1. The Morgan fingerprint density at radius 1 is 1.32 bits per heavy atom. The zero-order valence-corrected chi connectivity index (χ0v) is 14.1. The molecule has 25 heavy (non-hydrogen) atoms. The van der Waals surface area contributed by atoms with Gasteiger partial charge in [0.1, 0.15) is 18.2 Å². The maximum absolute atomic E-state index is 12.6. The van der Waals surface area contributed by atoms with Crippen molar-refractivity contribution in [1.29, 1.82) is 0 Å². The molecule has 2 aromatic rings. The molecule has 0 bridgehead atoms. The molecule has 1 saturated heterocycles. The number of fused-ring (bicyclic) bond motifs is 1. The molecular weight excluding hydrogens is 320 g/mol. The fourth-order valence-electron chi connectivity index (χ4n) is 3.33. The van der Waals surface area contributed by atoms with E-state index in [4.69, 9.17) is 9.47 Å². The average molecular weight is 342 g/mol. The Kier molecular flexibility index (Phi) is 4.65. The molecule has 1 N–H and O–H groups in total. The first-order valence-corrected chi connectivity index (χ1v) is 8.84. The molecule has 2 aliphatic heterocycles. The predicted molar refractivity (Wildman–Crippen MR) is 90.4 cm³/mol. The molecule has 1 aromatic carbocycles. The third-order valence-electron chi connectivity index (χ3n) is 4.67.